The molecule has 3 heteroatoms. The molecule has 1 saturated carbocycles. The lowest BCUT2D eigenvalue weighted by molar-refractivity contribution is -0.965. The first-order valence-electron chi connectivity index (χ1n) is 13.1. The SMILES string of the molecule is C[C@@]12[C@H]3CC[C@@H]1[C@@H](OCc1ccccc1)C[N@+]2(Cc1c2ccccc2cc2ccccc12)CC3.[Br-]. The van der Waals surface area contributed by atoms with Gasteiger partial charge in [0.25, 0.3) is 0 Å². The van der Waals surface area contributed by atoms with E-state index < -0.39 is 0 Å². The van der Waals surface area contributed by atoms with E-state index in [4.69, 9.17) is 4.74 Å². The summed E-state index contributed by atoms with van der Waals surface area (Å²) in [5.74, 6) is 1.51. The van der Waals surface area contributed by atoms with Gasteiger partial charge in [-0.15, -0.1) is 0 Å². The summed E-state index contributed by atoms with van der Waals surface area (Å²) in [5, 5.41) is 5.61. The number of nitrogens with zero attached hydrogens (tertiary/aromatic N) is 1. The van der Waals surface area contributed by atoms with Crippen molar-refractivity contribution in [3.63, 3.8) is 0 Å². The van der Waals surface area contributed by atoms with Gasteiger partial charge in [-0.25, -0.2) is 0 Å². The van der Waals surface area contributed by atoms with Crippen molar-refractivity contribution in [1.82, 2.24) is 0 Å². The molecule has 1 aliphatic carbocycles. The average Bonchev–Trinajstić information content (AvgIpc) is 3.45. The Labute approximate surface area is 219 Å². The van der Waals surface area contributed by atoms with Crippen molar-refractivity contribution in [2.75, 3.05) is 13.1 Å². The Morgan fingerprint density at radius 1 is 0.829 bits per heavy atom. The summed E-state index contributed by atoms with van der Waals surface area (Å²) >= 11 is 0. The summed E-state index contributed by atoms with van der Waals surface area (Å²) < 4.78 is 7.95. The number of hydrogen-bond donors (Lipinski definition) is 0. The van der Waals surface area contributed by atoms with Crippen LogP contribution in [0.25, 0.3) is 21.5 Å². The van der Waals surface area contributed by atoms with Crippen LogP contribution in [0, 0.1) is 11.8 Å². The number of quaternary nitrogens is 1. The van der Waals surface area contributed by atoms with Gasteiger partial charge in [-0.05, 0) is 52.9 Å². The van der Waals surface area contributed by atoms with Crippen LogP contribution in [-0.4, -0.2) is 29.2 Å². The van der Waals surface area contributed by atoms with Crippen LogP contribution in [0.1, 0.15) is 37.3 Å². The van der Waals surface area contributed by atoms with E-state index in [-0.39, 0.29) is 17.0 Å². The summed E-state index contributed by atoms with van der Waals surface area (Å²) in [7, 11) is 0. The van der Waals surface area contributed by atoms with Crippen molar-refractivity contribution >= 4 is 21.5 Å². The predicted octanol–water partition coefficient (Wildman–Crippen LogP) is 4.10. The van der Waals surface area contributed by atoms with Gasteiger partial charge in [0.05, 0.1) is 13.2 Å². The zero-order chi connectivity index (χ0) is 22.8. The average molecular weight is 529 g/mol. The second-order valence-electron chi connectivity index (χ2n) is 11.2. The predicted molar refractivity (Wildman–Crippen MR) is 139 cm³/mol. The zero-order valence-electron chi connectivity index (χ0n) is 20.5. The molecular weight excluding hydrogens is 494 g/mol. The van der Waals surface area contributed by atoms with Crippen LogP contribution in [-0.2, 0) is 17.9 Å². The van der Waals surface area contributed by atoms with Crippen LogP contribution in [0.3, 0.4) is 0 Å². The Kier molecular flexibility index (Phi) is 5.79. The molecule has 0 N–H and O–H groups in total. The van der Waals surface area contributed by atoms with Gasteiger partial charge in [-0.3, -0.25) is 0 Å². The maximum Gasteiger partial charge on any atom is 0.116 e. The third-order valence-electron chi connectivity index (χ3n) is 9.96. The minimum absolute atomic E-state index is 0. The van der Waals surface area contributed by atoms with E-state index in [1.165, 1.54) is 57.4 Å². The molecule has 0 radical (unpaired) electrons. The minimum Gasteiger partial charge on any atom is -1.00 e. The van der Waals surface area contributed by atoms with Crippen LogP contribution in [0.5, 0.6) is 0 Å². The summed E-state index contributed by atoms with van der Waals surface area (Å²) in [5.41, 5.74) is 3.17. The first-order valence-corrected chi connectivity index (χ1v) is 13.1. The Bertz CT molecular complexity index is 1320. The summed E-state index contributed by atoms with van der Waals surface area (Å²) in [4.78, 5) is 0. The summed E-state index contributed by atoms with van der Waals surface area (Å²) in [6.45, 7) is 6.93. The van der Waals surface area contributed by atoms with Gasteiger partial charge in [0, 0.05) is 23.8 Å². The van der Waals surface area contributed by atoms with E-state index in [0.29, 0.717) is 17.6 Å². The van der Waals surface area contributed by atoms with Crippen LogP contribution in [0.2, 0.25) is 0 Å². The Morgan fingerprint density at radius 2 is 1.49 bits per heavy atom. The molecule has 2 heterocycles. The van der Waals surface area contributed by atoms with Crippen molar-refractivity contribution in [2.45, 2.75) is 51.0 Å². The molecule has 7 rings (SSSR count). The Morgan fingerprint density at radius 3 is 2.20 bits per heavy atom. The van der Waals surface area contributed by atoms with Crippen molar-refractivity contribution in [3.05, 3.63) is 96.1 Å². The van der Waals surface area contributed by atoms with Gasteiger partial charge in [0.2, 0.25) is 0 Å². The maximum atomic E-state index is 6.74. The second kappa shape index (κ2) is 8.73. The molecule has 4 aromatic rings. The summed E-state index contributed by atoms with van der Waals surface area (Å²) in [6.07, 6.45) is 4.44. The van der Waals surface area contributed by atoms with Gasteiger partial charge in [0.1, 0.15) is 24.7 Å². The van der Waals surface area contributed by atoms with E-state index in [9.17, 15) is 0 Å². The first kappa shape index (κ1) is 23.2. The number of rotatable bonds is 5. The largest absolute Gasteiger partial charge is 1.00 e. The quantitative estimate of drug-likeness (QED) is 0.280. The molecule has 3 aliphatic rings. The van der Waals surface area contributed by atoms with E-state index in [2.05, 4.69) is 91.9 Å². The van der Waals surface area contributed by atoms with E-state index in [1.807, 2.05) is 0 Å². The molecule has 2 aliphatic heterocycles. The van der Waals surface area contributed by atoms with Crippen LogP contribution in [0.4, 0.5) is 0 Å². The van der Waals surface area contributed by atoms with Crippen molar-refractivity contribution in [3.8, 4) is 0 Å². The molecule has 0 spiro atoms. The molecule has 180 valence electrons. The lowest BCUT2D eigenvalue weighted by Crippen LogP contribution is -3.00. The standard InChI is InChI=1S/C32H34NO.BrH/c1-32-26-15-16-30(32)31(34-22-23-9-3-2-4-10-23)21-33(32,18-17-26)20-29-27-13-7-5-11-24(27)19-25-12-6-8-14-28(25)29;/h2-14,19,26,30-31H,15-18,20-22H2,1H3;1H/q+1;/p-1/t26-,30+,31-,32+,33+;/m0./s1. The highest BCUT2D eigenvalue weighted by atomic mass is 79.9. The van der Waals surface area contributed by atoms with Gasteiger partial charge in [-0.2, -0.15) is 0 Å². The lowest BCUT2D eigenvalue weighted by atomic mass is 9.82. The Hall–Kier alpha value is -2.20. The molecule has 5 atom stereocenters. The molecule has 0 aromatic heterocycles. The highest BCUT2D eigenvalue weighted by Crippen LogP contribution is 2.61. The van der Waals surface area contributed by atoms with Crippen molar-refractivity contribution in [1.29, 1.82) is 0 Å². The molecule has 2 saturated heterocycles. The molecule has 0 unspecified atom stereocenters. The molecule has 35 heavy (non-hydrogen) atoms. The highest BCUT2D eigenvalue weighted by Gasteiger charge is 2.71. The van der Waals surface area contributed by atoms with E-state index in [1.54, 1.807) is 5.56 Å². The monoisotopic (exact) mass is 527 g/mol. The molecular formula is C32H34BrNO. The fraction of sp³-hybridized carbons (Fsp3) is 0.375. The molecule has 0 bridgehead atoms. The normalized spacial score (nSPS) is 31.1. The van der Waals surface area contributed by atoms with Gasteiger partial charge in [-0.1, -0.05) is 78.9 Å². The fourth-order valence-electron chi connectivity index (χ4n) is 8.25. The molecule has 2 nitrogen and oxygen atoms in total. The lowest BCUT2D eigenvalue weighted by Gasteiger charge is -2.44. The van der Waals surface area contributed by atoms with Crippen molar-refractivity contribution < 1.29 is 26.2 Å². The van der Waals surface area contributed by atoms with Gasteiger partial charge in [0.15, 0.2) is 0 Å². The van der Waals surface area contributed by atoms with Crippen LogP contribution in [0.15, 0.2) is 84.9 Å². The van der Waals surface area contributed by atoms with Crippen LogP contribution >= 0.6 is 0 Å². The number of ether oxygens (including phenoxy) is 1. The van der Waals surface area contributed by atoms with E-state index in [0.717, 1.165) is 25.6 Å². The Balaban J connectivity index is 0.00000229. The van der Waals surface area contributed by atoms with Gasteiger partial charge < -0.3 is 26.2 Å². The zero-order valence-corrected chi connectivity index (χ0v) is 22.1. The number of hydrogen-bond acceptors (Lipinski definition) is 1. The second-order valence-corrected chi connectivity index (χ2v) is 11.2. The molecule has 4 aromatic carbocycles. The van der Waals surface area contributed by atoms with Gasteiger partial charge >= 0.3 is 0 Å². The fourth-order valence-corrected chi connectivity index (χ4v) is 8.25. The number of fused-ring (bicyclic) bond motifs is 2. The number of benzene rings is 4. The smallest absolute Gasteiger partial charge is 0.116 e. The first-order chi connectivity index (χ1) is 16.7. The number of halogens is 1. The maximum absolute atomic E-state index is 6.74. The third kappa shape index (κ3) is 3.43. The summed E-state index contributed by atoms with van der Waals surface area (Å²) in [6, 6.07) is 31.1. The molecule has 3 fully saturated rings. The van der Waals surface area contributed by atoms with E-state index >= 15 is 0 Å². The highest BCUT2D eigenvalue weighted by molar-refractivity contribution is 6.02. The molecule has 0 amide bonds. The van der Waals surface area contributed by atoms with Crippen molar-refractivity contribution in [2.24, 2.45) is 11.8 Å². The minimum atomic E-state index is 0. The van der Waals surface area contributed by atoms with Crippen LogP contribution < -0.4 is 17.0 Å². The topological polar surface area (TPSA) is 9.23 Å². The third-order valence-corrected chi connectivity index (χ3v) is 9.96.